The van der Waals surface area contributed by atoms with Crippen LogP contribution in [0.1, 0.15) is 19.4 Å². The van der Waals surface area contributed by atoms with Gasteiger partial charge in [0, 0.05) is 30.5 Å². The maximum absolute atomic E-state index is 12.1. The molecule has 22 heavy (non-hydrogen) atoms. The van der Waals surface area contributed by atoms with E-state index in [9.17, 15) is 4.79 Å². The van der Waals surface area contributed by atoms with Crippen molar-refractivity contribution in [1.29, 1.82) is 0 Å². The summed E-state index contributed by atoms with van der Waals surface area (Å²) in [7, 11) is 1.72. The molecule has 0 aliphatic heterocycles. The first-order valence-corrected chi connectivity index (χ1v) is 8.13. The van der Waals surface area contributed by atoms with E-state index in [-0.39, 0.29) is 5.56 Å². The highest BCUT2D eigenvalue weighted by molar-refractivity contribution is 9.10. The highest BCUT2D eigenvalue weighted by atomic mass is 79.9. The molecule has 2 rings (SSSR count). The van der Waals surface area contributed by atoms with E-state index in [2.05, 4.69) is 45.0 Å². The second-order valence-corrected chi connectivity index (χ2v) is 6.04. The Bertz CT molecular complexity index is 678. The van der Waals surface area contributed by atoms with Crippen LogP contribution in [0.3, 0.4) is 0 Å². The first kappa shape index (κ1) is 16.7. The summed E-state index contributed by atoms with van der Waals surface area (Å²) in [5.41, 5.74) is 1.58. The SMILES string of the molecule is CCN(CC)Cc1ccc(Nc2cc(Br)cn(C)c2=O)nc1. The molecule has 2 heterocycles. The Hall–Kier alpha value is -1.66. The van der Waals surface area contributed by atoms with Crippen molar-refractivity contribution in [1.82, 2.24) is 14.5 Å². The number of aryl methyl sites for hydroxylation is 1. The molecule has 0 atom stereocenters. The molecule has 6 heteroatoms. The monoisotopic (exact) mass is 364 g/mol. The van der Waals surface area contributed by atoms with Crippen molar-refractivity contribution in [3.63, 3.8) is 0 Å². The summed E-state index contributed by atoms with van der Waals surface area (Å²) in [6.07, 6.45) is 3.58. The molecule has 0 fully saturated rings. The van der Waals surface area contributed by atoms with Crippen LogP contribution in [0.5, 0.6) is 0 Å². The number of nitrogens with zero attached hydrogens (tertiary/aromatic N) is 3. The predicted molar refractivity (Wildman–Crippen MR) is 93.5 cm³/mol. The molecule has 2 aromatic heterocycles. The third kappa shape index (κ3) is 4.18. The molecule has 0 saturated heterocycles. The number of nitrogens with one attached hydrogen (secondary N) is 1. The van der Waals surface area contributed by atoms with Crippen LogP contribution in [-0.4, -0.2) is 27.5 Å². The van der Waals surface area contributed by atoms with Crippen LogP contribution in [0.4, 0.5) is 11.5 Å². The average molecular weight is 365 g/mol. The van der Waals surface area contributed by atoms with Crippen LogP contribution in [0.25, 0.3) is 0 Å². The Morgan fingerprint density at radius 3 is 2.64 bits per heavy atom. The summed E-state index contributed by atoms with van der Waals surface area (Å²) in [4.78, 5) is 18.8. The van der Waals surface area contributed by atoms with Gasteiger partial charge in [-0.15, -0.1) is 0 Å². The number of halogens is 1. The lowest BCUT2D eigenvalue weighted by atomic mass is 10.2. The normalized spacial score (nSPS) is 11.0. The van der Waals surface area contributed by atoms with E-state index >= 15 is 0 Å². The second kappa shape index (κ2) is 7.56. The molecule has 0 radical (unpaired) electrons. The number of rotatable bonds is 6. The standard InChI is InChI=1S/C16H21BrN4O/c1-4-21(5-2)10-12-6-7-15(18-9-12)19-14-8-13(17)11-20(3)16(14)22/h6-9,11H,4-5,10H2,1-3H3,(H,18,19). The van der Waals surface area contributed by atoms with Gasteiger partial charge in [0.15, 0.2) is 0 Å². The summed E-state index contributed by atoms with van der Waals surface area (Å²) in [5.74, 6) is 0.665. The zero-order valence-corrected chi connectivity index (χ0v) is 14.7. The number of hydrogen-bond acceptors (Lipinski definition) is 4. The van der Waals surface area contributed by atoms with Crippen LogP contribution in [0.2, 0.25) is 0 Å². The van der Waals surface area contributed by atoms with Crippen LogP contribution in [0.15, 0.2) is 39.9 Å². The minimum absolute atomic E-state index is 0.0859. The molecule has 0 aliphatic rings. The van der Waals surface area contributed by atoms with Gasteiger partial charge in [0.25, 0.3) is 5.56 Å². The number of anilines is 2. The molecule has 0 aromatic carbocycles. The first-order valence-electron chi connectivity index (χ1n) is 7.34. The van der Waals surface area contributed by atoms with Crippen molar-refractivity contribution in [2.24, 2.45) is 7.05 Å². The summed E-state index contributed by atoms with van der Waals surface area (Å²) < 4.78 is 2.37. The zero-order valence-electron chi connectivity index (χ0n) is 13.1. The summed E-state index contributed by atoms with van der Waals surface area (Å²) in [6.45, 7) is 7.22. The molecule has 0 unspecified atom stereocenters. The minimum atomic E-state index is -0.0859. The second-order valence-electron chi connectivity index (χ2n) is 5.13. The fourth-order valence-electron chi connectivity index (χ4n) is 2.20. The van der Waals surface area contributed by atoms with E-state index in [0.717, 1.165) is 29.7 Å². The largest absolute Gasteiger partial charge is 0.336 e. The molecule has 0 aliphatic carbocycles. The number of pyridine rings is 2. The van der Waals surface area contributed by atoms with Gasteiger partial charge < -0.3 is 9.88 Å². The van der Waals surface area contributed by atoms with Crippen molar-refractivity contribution < 1.29 is 0 Å². The van der Waals surface area contributed by atoms with Crippen LogP contribution < -0.4 is 10.9 Å². The van der Waals surface area contributed by atoms with Gasteiger partial charge in [-0.1, -0.05) is 19.9 Å². The van der Waals surface area contributed by atoms with Gasteiger partial charge >= 0.3 is 0 Å². The van der Waals surface area contributed by atoms with E-state index in [1.54, 1.807) is 19.3 Å². The first-order chi connectivity index (χ1) is 10.5. The van der Waals surface area contributed by atoms with Crippen molar-refractivity contribution in [3.8, 4) is 0 Å². The fourth-order valence-corrected chi connectivity index (χ4v) is 2.73. The Morgan fingerprint density at radius 1 is 1.32 bits per heavy atom. The molecule has 0 bridgehead atoms. The maximum Gasteiger partial charge on any atom is 0.274 e. The van der Waals surface area contributed by atoms with Gasteiger partial charge in [0.05, 0.1) is 0 Å². The quantitative estimate of drug-likeness (QED) is 0.855. The van der Waals surface area contributed by atoms with Crippen LogP contribution >= 0.6 is 15.9 Å². The summed E-state index contributed by atoms with van der Waals surface area (Å²) in [5, 5.41) is 3.07. The third-order valence-electron chi connectivity index (χ3n) is 3.54. The molecule has 2 aromatic rings. The molecule has 5 nitrogen and oxygen atoms in total. The Balaban J connectivity index is 2.13. The van der Waals surface area contributed by atoms with E-state index in [4.69, 9.17) is 0 Å². The van der Waals surface area contributed by atoms with Gasteiger partial charge in [-0.05, 0) is 46.7 Å². The number of aromatic nitrogens is 2. The van der Waals surface area contributed by atoms with Gasteiger partial charge in [0.1, 0.15) is 11.5 Å². The lowest BCUT2D eigenvalue weighted by Crippen LogP contribution is -2.22. The highest BCUT2D eigenvalue weighted by Gasteiger charge is 2.06. The van der Waals surface area contributed by atoms with Crippen molar-refractivity contribution >= 4 is 27.4 Å². The highest BCUT2D eigenvalue weighted by Crippen LogP contribution is 2.16. The van der Waals surface area contributed by atoms with E-state index in [1.807, 2.05) is 18.3 Å². The zero-order chi connectivity index (χ0) is 16.1. The van der Waals surface area contributed by atoms with Gasteiger partial charge in [-0.2, -0.15) is 0 Å². The van der Waals surface area contributed by atoms with E-state index < -0.39 is 0 Å². The lowest BCUT2D eigenvalue weighted by Gasteiger charge is -2.17. The number of hydrogen-bond donors (Lipinski definition) is 1. The molecular formula is C16H21BrN4O. The van der Waals surface area contributed by atoms with Gasteiger partial charge in [-0.3, -0.25) is 9.69 Å². The van der Waals surface area contributed by atoms with E-state index in [0.29, 0.717) is 11.5 Å². The van der Waals surface area contributed by atoms with Crippen molar-refractivity contribution in [2.45, 2.75) is 20.4 Å². The molecule has 118 valence electrons. The van der Waals surface area contributed by atoms with Gasteiger partial charge in [-0.25, -0.2) is 4.98 Å². The molecule has 0 spiro atoms. The maximum atomic E-state index is 12.1. The predicted octanol–water partition coefficient (Wildman–Crippen LogP) is 3.13. The fraction of sp³-hybridized carbons (Fsp3) is 0.375. The smallest absolute Gasteiger partial charge is 0.274 e. The molecule has 0 saturated carbocycles. The Kier molecular flexibility index (Phi) is 5.74. The van der Waals surface area contributed by atoms with Crippen LogP contribution in [0, 0.1) is 0 Å². The third-order valence-corrected chi connectivity index (χ3v) is 3.97. The van der Waals surface area contributed by atoms with Gasteiger partial charge in [0.2, 0.25) is 0 Å². The molecular weight excluding hydrogens is 344 g/mol. The van der Waals surface area contributed by atoms with Crippen molar-refractivity contribution in [3.05, 3.63) is 51.0 Å². The molecule has 0 amide bonds. The Morgan fingerprint density at radius 2 is 2.05 bits per heavy atom. The Labute approximate surface area is 139 Å². The van der Waals surface area contributed by atoms with E-state index in [1.165, 1.54) is 4.57 Å². The summed E-state index contributed by atoms with van der Waals surface area (Å²) in [6, 6.07) is 5.70. The summed E-state index contributed by atoms with van der Waals surface area (Å²) >= 11 is 3.39. The lowest BCUT2D eigenvalue weighted by molar-refractivity contribution is 0.295. The topological polar surface area (TPSA) is 50.2 Å². The van der Waals surface area contributed by atoms with Crippen molar-refractivity contribution in [2.75, 3.05) is 18.4 Å². The average Bonchev–Trinajstić information content (AvgIpc) is 2.51. The molecule has 1 N–H and O–H groups in total. The minimum Gasteiger partial charge on any atom is -0.336 e. The van der Waals surface area contributed by atoms with Crippen LogP contribution in [-0.2, 0) is 13.6 Å².